The number of carbonyl (C=O) groups is 4. The minimum absolute atomic E-state index is 0.0169. The van der Waals surface area contributed by atoms with Crippen LogP contribution in [0.4, 0.5) is 0 Å². The van der Waals surface area contributed by atoms with Crippen LogP contribution in [0.5, 0.6) is 0 Å². The molecule has 0 spiro atoms. The highest BCUT2D eigenvalue weighted by atomic mass is 32.1. The van der Waals surface area contributed by atoms with Crippen LogP contribution in [0, 0.1) is 11.8 Å². The van der Waals surface area contributed by atoms with E-state index in [4.69, 9.17) is 0 Å². The number of nitrogens with one attached hydrogen (secondary N) is 2. The zero-order valence-electron chi connectivity index (χ0n) is 20.2. The molecule has 0 radical (unpaired) electrons. The van der Waals surface area contributed by atoms with Gasteiger partial charge in [-0.25, -0.2) is 0 Å². The predicted octanol–water partition coefficient (Wildman–Crippen LogP) is 3.39. The first kappa shape index (κ1) is 27.4. The molecule has 0 saturated heterocycles. The molecule has 2 aliphatic rings. The highest BCUT2D eigenvalue weighted by molar-refractivity contribution is 7.81. The van der Waals surface area contributed by atoms with E-state index in [1.54, 1.807) is 0 Å². The predicted molar refractivity (Wildman–Crippen MR) is 133 cm³/mol. The van der Waals surface area contributed by atoms with Crippen LogP contribution < -0.4 is 10.6 Å². The molecule has 0 aromatic carbocycles. The Morgan fingerprint density at radius 1 is 0.939 bits per heavy atom. The van der Waals surface area contributed by atoms with Gasteiger partial charge in [0.05, 0.1) is 0 Å². The van der Waals surface area contributed by atoms with E-state index in [1.165, 1.54) is 17.1 Å². The molecular formula is C25H41N3O4S. The van der Waals surface area contributed by atoms with Gasteiger partial charge in [-0.1, -0.05) is 26.7 Å². The van der Waals surface area contributed by atoms with Crippen molar-refractivity contribution in [2.75, 3.05) is 19.6 Å². The molecule has 186 valence electrons. The summed E-state index contributed by atoms with van der Waals surface area (Å²) in [6, 6.07) is 0. The summed E-state index contributed by atoms with van der Waals surface area (Å²) >= 11 is 4.50. The minimum Gasteiger partial charge on any atom is -0.356 e. The van der Waals surface area contributed by atoms with Gasteiger partial charge in [0.2, 0.25) is 11.8 Å². The smallest absolute Gasteiger partial charge is 0.253 e. The molecule has 1 fully saturated rings. The molecule has 8 heteroatoms. The normalized spacial score (nSPS) is 20.9. The monoisotopic (exact) mass is 479 g/mol. The second-order valence-electron chi connectivity index (χ2n) is 10.1. The van der Waals surface area contributed by atoms with E-state index < -0.39 is 0 Å². The topological polar surface area (TPSA) is 95.6 Å². The third-order valence-corrected chi connectivity index (χ3v) is 6.70. The maximum atomic E-state index is 12.4. The SMILES string of the molecule is CC(C)(S)CCCCNC(=O)CCCCCNC(=O)C1CCC(CN2C(=O)C=CC2=O)CC1. The zero-order valence-corrected chi connectivity index (χ0v) is 21.1. The fourth-order valence-corrected chi connectivity index (χ4v) is 4.58. The van der Waals surface area contributed by atoms with Gasteiger partial charge in [0.15, 0.2) is 0 Å². The molecule has 0 unspecified atom stereocenters. The molecule has 1 heterocycles. The van der Waals surface area contributed by atoms with Crippen molar-refractivity contribution in [2.45, 2.75) is 89.2 Å². The Bertz CT molecular complexity index is 691. The lowest BCUT2D eigenvalue weighted by Gasteiger charge is -2.30. The second kappa shape index (κ2) is 13.8. The van der Waals surface area contributed by atoms with Crippen LogP contribution >= 0.6 is 12.6 Å². The first-order valence-electron chi connectivity index (χ1n) is 12.5. The maximum absolute atomic E-state index is 12.4. The zero-order chi connectivity index (χ0) is 24.3. The van der Waals surface area contributed by atoms with Gasteiger partial charge in [-0.05, 0) is 57.3 Å². The number of rotatable bonds is 14. The Hall–Kier alpha value is -1.83. The van der Waals surface area contributed by atoms with E-state index in [1.807, 2.05) is 0 Å². The van der Waals surface area contributed by atoms with Crippen LogP contribution in [0.15, 0.2) is 12.2 Å². The average Bonchev–Trinajstić information content (AvgIpc) is 3.07. The highest BCUT2D eigenvalue weighted by Crippen LogP contribution is 2.30. The van der Waals surface area contributed by atoms with Gasteiger partial charge in [0.1, 0.15) is 0 Å². The van der Waals surface area contributed by atoms with Crippen molar-refractivity contribution in [2.24, 2.45) is 11.8 Å². The van der Waals surface area contributed by atoms with E-state index in [9.17, 15) is 19.2 Å². The number of unbranched alkanes of at least 4 members (excludes halogenated alkanes) is 3. The second-order valence-corrected chi connectivity index (χ2v) is 11.3. The van der Waals surface area contributed by atoms with Crippen LogP contribution in [-0.2, 0) is 19.2 Å². The van der Waals surface area contributed by atoms with Gasteiger partial charge in [-0.3, -0.25) is 24.1 Å². The first-order chi connectivity index (χ1) is 15.7. The van der Waals surface area contributed by atoms with Crippen molar-refractivity contribution in [3.63, 3.8) is 0 Å². The summed E-state index contributed by atoms with van der Waals surface area (Å²) in [4.78, 5) is 49.0. The Kier molecular flexibility index (Phi) is 11.4. The lowest BCUT2D eigenvalue weighted by atomic mass is 9.81. The summed E-state index contributed by atoms with van der Waals surface area (Å²) < 4.78 is 0.0490. The summed E-state index contributed by atoms with van der Waals surface area (Å²) in [5, 5.41) is 6.00. The largest absolute Gasteiger partial charge is 0.356 e. The van der Waals surface area contributed by atoms with Gasteiger partial charge in [0.25, 0.3) is 11.8 Å². The summed E-state index contributed by atoms with van der Waals surface area (Å²) in [6.45, 7) is 6.03. The van der Waals surface area contributed by atoms with Crippen LogP contribution in [0.2, 0.25) is 0 Å². The molecule has 33 heavy (non-hydrogen) atoms. The van der Waals surface area contributed by atoms with Crippen LogP contribution in [0.25, 0.3) is 0 Å². The number of hydrogen-bond acceptors (Lipinski definition) is 5. The fraction of sp³-hybridized carbons (Fsp3) is 0.760. The number of imide groups is 1. The first-order valence-corrected chi connectivity index (χ1v) is 12.9. The molecule has 1 aliphatic carbocycles. The molecule has 0 atom stereocenters. The van der Waals surface area contributed by atoms with Crippen LogP contribution in [0.1, 0.15) is 84.5 Å². The molecule has 4 amide bonds. The number of carbonyl (C=O) groups excluding carboxylic acids is 4. The lowest BCUT2D eigenvalue weighted by molar-refractivity contribution is -0.138. The molecule has 0 aromatic rings. The Morgan fingerprint density at radius 2 is 1.55 bits per heavy atom. The Balaban J connectivity index is 1.45. The van der Waals surface area contributed by atoms with Crippen LogP contribution in [-0.4, -0.2) is 52.9 Å². The number of amides is 4. The Labute approximate surface area is 203 Å². The Morgan fingerprint density at radius 3 is 2.18 bits per heavy atom. The number of hydrogen-bond donors (Lipinski definition) is 3. The van der Waals surface area contributed by atoms with Crippen molar-refractivity contribution in [3.8, 4) is 0 Å². The molecular weight excluding hydrogens is 438 g/mol. The molecule has 0 aromatic heterocycles. The molecule has 1 saturated carbocycles. The molecule has 7 nitrogen and oxygen atoms in total. The summed E-state index contributed by atoms with van der Waals surface area (Å²) in [6.07, 6.45) is 12.2. The van der Waals surface area contributed by atoms with E-state index in [0.29, 0.717) is 19.5 Å². The minimum atomic E-state index is -0.231. The molecule has 2 N–H and O–H groups in total. The quantitative estimate of drug-likeness (QED) is 0.202. The van der Waals surface area contributed by atoms with E-state index in [0.717, 1.165) is 70.8 Å². The van der Waals surface area contributed by atoms with Crippen molar-refractivity contribution in [1.29, 1.82) is 0 Å². The average molecular weight is 480 g/mol. The van der Waals surface area contributed by atoms with Crippen molar-refractivity contribution >= 4 is 36.3 Å². The number of nitrogens with zero attached hydrogens (tertiary/aromatic N) is 1. The van der Waals surface area contributed by atoms with Crippen LogP contribution in [0.3, 0.4) is 0 Å². The summed E-state index contributed by atoms with van der Waals surface area (Å²) in [5.74, 6) is 0.0437. The van der Waals surface area contributed by atoms with Gasteiger partial charge in [-0.2, -0.15) is 12.6 Å². The van der Waals surface area contributed by atoms with Gasteiger partial charge >= 0.3 is 0 Å². The van der Waals surface area contributed by atoms with E-state index in [2.05, 4.69) is 37.1 Å². The van der Waals surface area contributed by atoms with Crippen molar-refractivity contribution < 1.29 is 19.2 Å². The molecule has 2 rings (SSSR count). The van der Waals surface area contributed by atoms with Gasteiger partial charge in [0, 0.05) is 48.9 Å². The fourth-order valence-electron chi connectivity index (χ4n) is 4.42. The van der Waals surface area contributed by atoms with Crippen molar-refractivity contribution in [3.05, 3.63) is 12.2 Å². The third-order valence-electron chi connectivity index (χ3n) is 6.48. The van der Waals surface area contributed by atoms with Crippen molar-refractivity contribution in [1.82, 2.24) is 15.5 Å². The maximum Gasteiger partial charge on any atom is 0.253 e. The van der Waals surface area contributed by atoms with Gasteiger partial charge < -0.3 is 10.6 Å². The summed E-state index contributed by atoms with van der Waals surface area (Å²) in [5.41, 5.74) is 0. The third kappa shape index (κ3) is 10.8. The standard InChI is InChI=1S/C25H41N3O4S/c1-25(2,33)15-5-7-16-26-21(29)8-4-3-6-17-27-24(32)20-11-9-19(10-12-20)18-28-22(30)13-14-23(28)31/h13-14,19-20,33H,3-12,15-18H2,1-2H3,(H,26,29)(H,27,32). The van der Waals surface area contributed by atoms with E-state index >= 15 is 0 Å². The lowest BCUT2D eigenvalue weighted by Crippen LogP contribution is -2.38. The molecule has 1 aliphatic heterocycles. The summed E-state index contributed by atoms with van der Waals surface area (Å²) in [7, 11) is 0. The highest BCUT2D eigenvalue weighted by Gasteiger charge is 2.31. The van der Waals surface area contributed by atoms with Gasteiger partial charge in [-0.15, -0.1) is 0 Å². The van der Waals surface area contributed by atoms with E-state index in [-0.39, 0.29) is 40.2 Å². The molecule has 0 bridgehead atoms. The number of thiol groups is 1.